The summed E-state index contributed by atoms with van der Waals surface area (Å²) in [5.74, 6) is -0.394. The van der Waals surface area contributed by atoms with Gasteiger partial charge >= 0.3 is 6.18 Å². The number of nitrogens with one attached hydrogen (secondary N) is 1. The quantitative estimate of drug-likeness (QED) is 0.787. The topological polar surface area (TPSA) is 32.3 Å². The van der Waals surface area contributed by atoms with E-state index < -0.39 is 29.0 Å². The minimum absolute atomic E-state index is 0.00752. The van der Waals surface area contributed by atoms with Crippen LogP contribution in [-0.2, 0) is 10.2 Å². The van der Waals surface area contributed by atoms with E-state index in [0.29, 0.717) is 5.56 Å². The van der Waals surface area contributed by atoms with Gasteiger partial charge in [0.05, 0.1) is 5.41 Å². The molecule has 0 saturated carbocycles. The second kappa shape index (κ2) is 6.23. The zero-order chi connectivity index (χ0) is 20.2. The van der Waals surface area contributed by atoms with E-state index in [1.54, 1.807) is 19.9 Å². The number of hydrogen-bond donors (Lipinski definition) is 1. The first-order chi connectivity index (χ1) is 12.3. The van der Waals surface area contributed by atoms with Gasteiger partial charge in [0.2, 0.25) is 5.91 Å². The van der Waals surface area contributed by atoms with E-state index in [2.05, 4.69) is 5.43 Å². The molecule has 1 aliphatic heterocycles. The third-order valence-electron chi connectivity index (χ3n) is 5.07. The van der Waals surface area contributed by atoms with Crippen LogP contribution in [0.15, 0.2) is 36.4 Å². The molecule has 2 aromatic carbocycles. The van der Waals surface area contributed by atoms with Gasteiger partial charge in [0.15, 0.2) is 0 Å². The van der Waals surface area contributed by atoms with Gasteiger partial charge in [-0.25, -0.2) is 5.01 Å². The fourth-order valence-electron chi connectivity index (χ4n) is 3.63. The highest BCUT2D eigenvalue weighted by Crippen LogP contribution is 2.44. The zero-order valence-electron chi connectivity index (χ0n) is 16.2. The summed E-state index contributed by atoms with van der Waals surface area (Å²) < 4.78 is 42.6. The molecule has 3 nitrogen and oxygen atoms in total. The average molecular weight is 378 g/mol. The molecule has 0 bridgehead atoms. The third kappa shape index (κ3) is 3.68. The molecule has 146 valence electrons. The van der Waals surface area contributed by atoms with E-state index in [9.17, 15) is 18.0 Å². The molecule has 27 heavy (non-hydrogen) atoms. The summed E-state index contributed by atoms with van der Waals surface area (Å²) in [7, 11) is 0. The lowest BCUT2D eigenvalue weighted by Crippen LogP contribution is -2.44. The molecule has 1 atom stereocenters. The van der Waals surface area contributed by atoms with Crippen molar-refractivity contribution in [2.45, 2.75) is 52.3 Å². The van der Waals surface area contributed by atoms with Crippen LogP contribution in [0.25, 0.3) is 10.8 Å². The van der Waals surface area contributed by atoms with Gasteiger partial charge in [-0.1, -0.05) is 51.1 Å². The Morgan fingerprint density at radius 3 is 2.07 bits per heavy atom. The Bertz CT molecular complexity index is 881. The van der Waals surface area contributed by atoms with Gasteiger partial charge < -0.3 is 0 Å². The average Bonchev–Trinajstić information content (AvgIpc) is 2.77. The van der Waals surface area contributed by atoms with Crippen molar-refractivity contribution < 1.29 is 18.0 Å². The molecule has 3 rings (SSSR count). The molecule has 1 unspecified atom stereocenters. The van der Waals surface area contributed by atoms with Crippen LogP contribution in [0.5, 0.6) is 0 Å². The fourth-order valence-corrected chi connectivity index (χ4v) is 3.63. The standard InChI is InChI=1S/C21H25F3N2O/c1-19(2,3)16-11-14-9-7-6-8-13(14)10-15(16)17(21(22,23)24)26-12-20(4,5)18(27)25-26/h6-11,17H,12H2,1-5H3,(H,25,27). The number of carbonyl (C=O) groups excluding carboxylic acids is 1. The van der Waals surface area contributed by atoms with Gasteiger partial charge in [-0.05, 0) is 47.2 Å². The van der Waals surface area contributed by atoms with Crippen LogP contribution in [0.4, 0.5) is 13.2 Å². The van der Waals surface area contributed by atoms with Crippen molar-refractivity contribution in [3.05, 3.63) is 47.5 Å². The Labute approximate surface area is 157 Å². The summed E-state index contributed by atoms with van der Waals surface area (Å²) in [6.07, 6.45) is -4.53. The minimum atomic E-state index is -4.53. The zero-order valence-corrected chi connectivity index (χ0v) is 16.2. The Hall–Kier alpha value is -2.08. The van der Waals surface area contributed by atoms with Crippen molar-refractivity contribution in [1.82, 2.24) is 10.4 Å². The lowest BCUT2D eigenvalue weighted by Gasteiger charge is -2.34. The van der Waals surface area contributed by atoms with Gasteiger partial charge in [-0.15, -0.1) is 0 Å². The van der Waals surface area contributed by atoms with Gasteiger partial charge in [0.25, 0.3) is 0 Å². The molecule has 0 spiro atoms. The lowest BCUT2D eigenvalue weighted by molar-refractivity contribution is -0.191. The summed E-state index contributed by atoms with van der Waals surface area (Å²) in [4.78, 5) is 12.1. The van der Waals surface area contributed by atoms with Crippen LogP contribution < -0.4 is 5.43 Å². The number of amides is 1. The van der Waals surface area contributed by atoms with Crippen LogP contribution in [-0.4, -0.2) is 23.6 Å². The summed E-state index contributed by atoms with van der Waals surface area (Å²) >= 11 is 0. The van der Waals surface area contributed by atoms with Crippen molar-refractivity contribution in [1.29, 1.82) is 0 Å². The number of alkyl halides is 3. The first kappa shape index (κ1) is 19.7. The molecular weight excluding hydrogens is 353 g/mol. The second-order valence-corrected chi connectivity index (χ2v) is 8.93. The van der Waals surface area contributed by atoms with Gasteiger partial charge in [-0.2, -0.15) is 13.2 Å². The van der Waals surface area contributed by atoms with E-state index in [1.807, 2.05) is 51.1 Å². The Balaban J connectivity index is 2.23. The Morgan fingerprint density at radius 2 is 1.63 bits per heavy atom. The van der Waals surface area contributed by atoms with Gasteiger partial charge in [0, 0.05) is 6.54 Å². The molecule has 1 heterocycles. The maximum atomic E-state index is 14.2. The molecule has 1 amide bonds. The number of fused-ring (bicyclic) bond motifs is 1. The molecule has 0 radical (unpaired) electrons. The predicted molar refractivity (Wildman–Crippen MR) is 100 cm³/mol. The number of rotatable bonds is 2. The first-order valence-corrected chi connectivity index (χ1v) is 8.98. The highest BCUT2D eigenvalue weighted by Gasteiger charge is 2.52. The fraction of sp³-hybridized carbons (Fsp3) is 0.476. The van der Waals surface area contributed by atoms with Crippen molar-refractivity contribution in [2.75, 3.05) is 6.54 Å². The number of carbonyl (C=O) groups is 1. The monoisotopic (exact) mass is 378 g/mol. The Kier molecular flexibility index (Phi) is 4.54. The van der Waals surface area contributed by atoms with Crippen LogP contribution in [0.1, 0.15) is 51.8 Å². The van der Waals surface area contributed by atoms with Crippen molar-refractivity contribution in [2.24, 2.45) is 5.41 Å². The van der Waals surface area contributed by atoms with Crippen LogP contribution in [0.3, 0.4) is 0 Å². The van der Waals surface area contributed by atoms with Gasteiger partial charge in [-0.3, -0.25) is 10.2 Å². The molecule has 0 aromatic heterocycles. The molecule has 1 saturated heterocycles. The lowest BCUT2D eigenvalue weighted by atomic mass is 9.80. The first-order valence-electron chi connectivity index (χ1n) is 8.98. The van der Waals surface area contributed by atoms with E-state index >= 15 is 0 Å². The summed E-state index contributed by atoms with van der Waals surface area (Å²) in [5, 5.41) is 2.69. The summed E-state index contributed by atoms with van der Waals surface area (Å²) in [6.45, 7) is 9.01. The van der Waals surface area contributed by atoms with Crippen LogP contribution in [0.2, 0.25) is 0 Å². The largest absolute Gasteiger partial charge is 0.409 e. The van der Waals surface area contributed by atoms with E-state index in [1.165, 1.54) is 0 Å². The molecule has 0 aliphatic carbocycles. The SMILES string of the molecule is CC1(C)CN(C(c2cc3ccccc3cc2C(C)(C)C)C(F)(F)F)NC1=O. The maximum absolute atomic E-state index is 14.2. The van der Waals surface area contributed by atoms with Gasteiger partial charge in [0.1, 0.15) is 6.04 Å². The number of nitrogens with zero attached hydrogens (tertiary/aromatic N) is 1. The molecule has 1 aliphatic rings. The highest BCUT2D eigenvalue weighted by molar-refractivity contribution is 5.85. The summed E-state index contributed by atoms with van der Waals surface area (Å²) in [6, 6.07) is 8.95. The maximum Gasteiger partial charge on any atom is 0.409 e. The molecule has 2 aromatic rings. The van der Waals surface area contributed by atoms with Crippen molar-refractivity contribution >= 4 is 16.7 Å². The van der Waals surface area contributed by atoms with Crippen LogP contribution in [0, 0.1) is 5.41 Å². The predicted octanol–water partition coefficient (Wildman–Crippen LogP) is 5.11. The number of hydrogen-bond acceptors (Lipinski definition) is 2. The number of hydrazine groups is 1. The van der Waals surface area contributed by atoms with E-state index in [4.69, 9.17) is 0 Å². The smallest absolute Gasteiger partial charge is 0.287 e. The summed E-state index contributed by atoms with van der Waals surface area (Å²) in [5.41, 5.74) is 1.91. The highest BCUT2D eigenvalue weighted by atomic mass is 19.4. The molecule has 1 fully saturated rings. The normalized spacial score (nSPS) is 19.3. The molecular formula is C21H25F3N2O. The van der Waals surface area contributed by atoms with Crippen molar-refractivity contribution in [3.63, 3.8) is 0 Å². The van der Waals surface area contributed by atoms with E-state index in [-0.39, 0.29) is 12.1 Å². The minimum Gasteiger partial charge on any atom is -0.287 e. The molecule has 1 N–H and O–H groups in total. The van der Waals surface area contributed by atoms with Crippen molar-refractivity contribution in [3.8, 4) is 0 Å². The number of benzene rings is 2. The van der Waals surface area contributed by atoms with Crippen LogP contribution >= 0.6 is 0 Å². The third-order valence-corrected chi connectivity index (χ3v) is 5.07. The Morgan fingerprint density at radius 1 is 1.07 bits per heavy atom. The van der Waals surface area contributed by atoms with E-state index in [0.717, 1.165) is 15.8 Å². The number of halogens is 3. The molecule has 6 heteroatoms. The second-order valence-electron chi connectivity index (χ2n) is 8.93.